The summed E-state index contributed by atoms with van der Waals surface area (Å²) in [5.41, 5.74) is 11.5. The minimum absolute atomic E-state index is 0.135. The van der Waals surface area contributed by atoms with E-state index in [4.69, 9.17) is 57.0 Å². The first-order chi connectivity index (χ1) is 26.7. The number of hydrogen-bond donors (Lipinski definition) is 5. The van der Waals surface area contributed by atoms with Crippen molar-refractivity contribution in [3.63, 3.8) is 0 Å². The Morgan fingerprint density at radius 1 is 0.804 bits per heavy atom. The van der Waals surface area contributed by atoms with Gasteiger partial charge in [-0.05, 0) is 112 Å². The number of nitrogens with two attached hydrogens (primary N) is 1. The van der Waals surface area contributed by atoms with Gasteiger partial charge < -0.3 is 14.7 Å². The van der Waals surface area contributed by atoms with Crippen molar-refractivity contribution >= 4 is 86.2 Å². The highest BCUT2D eigenvalue weighted by Crippen LogP contribution is 2.26. The number of fused-ring (bicyclic) bond motifs is 2. The van der Waals surface area contributed by atoms with E-state index in [1.54, 1.807) is 37.3 Å². The fourth-order valence-corrected chi connectivity index (χ4v) is 6.38. The number of H-pyrrole nitrogens is 3. The van der Waals surface area contributed by atoms with Crippen molar-refractivity contribution in [3.8, 4) is 5.95 Å². The molecule has 0 fully saturated rings. The molecule has 0 saturated heterocycles. The third-order valence-electron chi connectivity index (χ3n) is 8.65. The number of anilines is 1. The number of halogens is 4. The lowest BCUT2D eigenvalue weighted by molar-refractivity contribution is -0.151. The first-order valence-corrected chi connectivity index (χ1v) is 18.9. The number of hydrazine groups is 1. The standard InChI is InChI=1S/C19H16Cl2N4O.C13H14Cl2O3.C8H10N4/c1-10-3-6-16-17(7-10)23-19(22-16)25-18(26)13(11(2)24-25)8-12-4-5-14(20)15(21)9-12;1-3-18-13(17)10(8(2)16)6-9-4-5-11(14)12(15)7-9;1-5-2-3-6-7(4-5)11-8(10-6)12-9/h3-7,9,24H,8H2,1-2H3,(H,22,23);4-5,7,10H,3,6H2,1-2H3;2-4H,9H2,1H3,(H2,10,11,12). The zero-order valence-electron chi connectivity index (χ0n) is 31.2. The van der Waals surface area contributed by atoms with Crippen molar-refractivity contribution in [2.45, 2.75) is 47.5 Å². The molecule has 6 N–H and O–H groups in total. The molecule has 292 valence electrons. The van der Waals surface area contributed by atoms with Crippen molar-refractivity contribution in [3.05, 3.63) is 137 Å². The summed E-state index contributed by atoms with van der Waals surface area (Å²) in [4.78, 5) is 50.9. The number of aromatic amines is 3. The number of aromatic nitrogens is 6. The molecule has 0 spiro atoms. The van der Waals surface area contributed by atoms with E-state index in [1.165, 1.54) is 17.2 Å². The van der Waals surface area contributed by atoms with Crippen LogP contribution in [0.1, 0.15) is 47.4 Å². The van der Waals surface area contributed by atoms with Gasteiger partial charge in [0.1, 0.15) is 11.7 Å². The molecule has 16 heteroatoms. The van der Waals surface area contributed by atoms with E-state index < -0.39 is 11.9 Å². The summed E-state index contributed by atoms with van der Waals surface area (Å²) >= 11 is 23.7. The van der Waals surface area contributed by atoms with Gasteiger partial charge in [-0.1, -0.05) is 70.7 Å². The lowest BCUT2D eigenvalue weighted by atomic mass is 9.96. The third-order valence-corrected chi connectivity index (χ3v) is 10.1. The summed E-state index contributed by atoms with van der Waals surface area (Å²) in [6.45, 7) is 9.25. The molecule has 0 aliphatic carbocycles. The van der Waals surface area contributed by atoms with Gasteiger partial charge in [0.15, 0.2) is 0 Å². The molecule has 0 radical (unpaired) electrons. The summed E-state index contributed by atoms with van der Waals surface area (Å²) in [7, 11) is 0. The van der Waals surface area contributed by atoms with Crippen LogP contribution in [-0.4, -0.2) is 48.1 Å². The molecular formula is C40H40Cl4N8O4. The molecular weight excluding hydrogens is 798 g/mol. The number of carbonyl (C=O) groups excluding carboxylic acids is 2. The van der Waals surface area contributed by atoms with E-state index >= 15 is 0 Å². The average molecular weight is 839 g/mol. The zero-order valence-corrected chi connectivity index (χ0v) is 34.2. The monoisotopic (exact) mass is 836 g/mol. The summed E-state index contributed by atoms with van der Waals surface area (Å²) < 4.78 is 6.31. The Hall–Kier alpha value is -5.11. The summed E-state index contributed by atoms with van der Waals surface area (Å²) in [5.74, 6) is 4.76. The van der Waals surface area contributed by atoms with Crippen LogP contribution in [-0.2, 0) is 27.2 Å². The van der Waals surface area contributed by atoms with Gasteiger partial charge in [-0.3, -0.25) is 24.9 Å². The van der Waals surface area contributed by atoms with Crippen LogP contribution in [0.15, 0.2) is 77.6 Å². The highest BCUT2D eigenvalue weighted by Gasteiger charge is 2.25. The fourth-order valence-electron chi connectivity index (χ4n) is 5.74. The Labute approximate surface area is 342 Å². The molecule has 1 unspecified atom stereocenters. The summed E-state index contributed by atoms with van der Waals surface area (Å²) in [5, 5.41) is 4.92. The number of benzene rings is 4. The second-order valence-corrected chi connectivity index (χ2v) is 14.6. The van der Waals surface area contributed by atoms with E-state index in [0.29, 0.717) is 44.0 Å². The molecule has 4 aromatic carbocycles. The SMILES string of the molecule is CCOC(=O)C(Cc1ccc(Cl)c(Cl)c1)C(C)=O.Cc1ccc2nc(-n3[nH]c(C)c(Cc4ccc(Cl)c(Cl)c4)c3=O)[nH]c2c1.Cc1ccc2nc(NN)[nH]c2c1. The van der Waals surface area contributed by atoms with Crippen molar-refractivity contribution in [1.29, 1.82) is 0 Å². The van der Waals surface area contributed by atoms with Crippen molar-refractivity contribution in [2.24, 2.45) is 11.8 Å². The van der Waals surface area contributed by atoms with E-state index in [-0.39, 0.29) is 24.4 Å². The maximum Gasteiger partial charge on any atom is 0.316 e. The van der Waals surface area contributed by atoms with Gasteiger partial charge in [-0.25, -0.2) is 15.8 Å². The van der Waals surface area contributed by atoms with Crippen molar-refractivity contribution < 1.29 is 14.3 Å². The molecule has 12 nitrogen and oxygen atoms in total. The van der Waals surface area contributed by atoms with Gasteiger partial charge in [-0.15, -0.1) is 0 Å². The second kappa shape index (κ2) is 18.7. The Morgan fingerprint density at radius 2 is 1.38 bits per heavy atom. The van der Waals surface area contributed by atoms with Gasteiger partial charge in [-0.2, -0.15) is 4.68 Å². The highest BCUT2D eigenvalue weighted by atomic mass is 35.5. The van der Waals surface area contributed by atoms with Gasteiger partial charge in [0.2, 0.25) is 11.9 Å². The third kappa shape index (κ3) is 10.4. The number of ether oxygens (including phenoxy) is 1. The van der Waals surface area contributed by atoms with Gasteiger partial charge in [0, 0.05) is 17.7 Å². The number of hydrogen-bond acceptors (Lipinski definition) is 8. The van der Waals surface area contributed by atoms with E-state index in [0.717, 1.165) is 44.5 Å². The number of ketones is 1. The van der Waals surface area contributed by atoms with Gasteiger partial charge in [0.25, 0.3) is 5.56 Å². The highest BCUT2D eigenvalue weighted by molar-refractivity contribution is 6.42. The van der Waals surface area contributed by atoms with Crippen molar-refractivity contribution in [1.82, 2.24) is 29.7 Å². The maximum atomic E-state index is 12.9. The van der Waals surface area contributed by atoms with Gasteiger partial charge in [0.05, 0.1) is 48.8 Å². The average Bonchev–Trinajstić information content (AvgIpc) is 3.85. The number of esters is 1. The van der Waals surface area contributed by atoms with Crippen LogP contribution in [0.5, 0.6) is 0 Å². The minimum atomic E-state index is -0.790. The first-order valence-electron chi connectivity index (χ1n) is 17.4. The van der Waals surface area contributed by atoms with Crippen LogP contribution in [0, 0.1) is 26.7 Å². The van der Waals surface area contributed by atoms with Crippen molar-refractivity contribution in [2.75, 3.05) is 12.0 Å². The topological polar surface area (TPSA) is 177 Å². The Morgan fingerprint density at radius 3 is 1.95 bits per heavy atom. The zero-order chi connectivity index (χ0) is 40.7. The largest absolute Gasteiger partial charge is 0.465 e. The Balaban J connectivity index is 0.000000174. The predicted octanol–water partition coefficient (Wildman–Crippen LogP) is 9.02. The summed E-state index contributed by atoms with van der Waals surface area (Å²) in [6, 6.07) is 22.4. The lowest BCUT2D eigenvalue weighted by Gasteiger charge is -2.12. The number of rotatable bonds is 9. The number of imidazole rings is 2. The molecule has 3 heterocycles. The molecule has 56 heavy (non-hydrogen) atoms. The Bertz CT molecular complexity index is 2580. The number of nitrogens with one attached hydrogen (secondary N) is 4. The van der Waals surface area contributed by atoms with E-state index in [2.05, 4.69) is 30.5 Å². The van der Waals surface area contributed by atoms with Crippen LogP contribution in [0.2, 0.25) is 20.1 Å². The molecule has 0 aliphatic heterocycles. The Kier molecular flexibility index (Phi) is 14.0. The molecule has 3 aromatic heterocycles. The number of carbonyl (C=O) groups is 2. The van der Waals surface area contributed by atoms with E-state index in [1.807, 2.05) is 63.2 Å². The normalized spacial score (nSPS) is 11.4. The molecule has 1 atom stereocenters. The minimum Gasteiger partial charge on any atom is -0.465 e. The van der Waals surface area contributed by atoms with Crippen LogP contribution >= 0.6 is 46.4 Å². The molecule has 7 aromatic rings. The van der Waals surface area contributed by atoms with Crippen LogP contribution in [0.3, 0.4) is 0 Å². The number of nitrogen functional groups attached to an aromatic ring is 1. The first kappa shape index (κ1) is 42.0. The quantitative estimate of drug-likeness (QED) is 0.0414. The molecule has 7 rings (SSSR count). The van der Waals surface area contributed by atoms with E-state index in [9.17, 15) is 14.4 Å². The summed E-state index contributed by atoms with van der Waals surface area (Å²) in [6.07, 6.45) is 0.732. The van der Waals surface area contributed by atoms with Crippen LogP contribution < -0.4 is 16.8 Å². The number of aryl methyl sites for hydroxylation is 3. The number of nitrogens with zero attached hydrogens (tertiary/aromatic N) is 3. The molecule has 0 bridgehead atoms. The number of Topliss-reactive ketones (excluding diaryl/α,β-unsaturated/α-hetero) is 1. The molecule has 0 saturated carbocycles. The molecule has 0 aliphatic rings. The molecule has 0 amide bonds. The van der Waals surface area contributed by atoms with Gasteiger partial charge >= 0.3 is 5.97 Å². The smallest absolute Gasteiger partial charge is 0.316 e. The lowest BCUT2D eigenvalue weighted by Crippen LogP contribution is -2.26. The van der Waals surface area contributed by atoms with Crippen LogP contribution in [0.25, 0.3) is 28.0 Å². The maximum absolute atomic E-state index is 12.9. The van der Waals surface area contributed by atoms with Crippen LogP contribution in [0.4, 0.5) is 5.95 Å². The predicted molar refractivity (Wildman–Crippen MR) is 224 cm³/mol. The fraction of sp³-hybridized carbons (Fsp3) is 0.225. The second-order valence-electron chi connectivity index (χ2n) is 13.0.